The smallest absolute Gasteiger partial charge is 0.143 e. The zero-order valence-corrected chi connectivity index (χ0v) is 10.7. The maximum atomic E-state index is 12.7. The summed E-state index contributed by atoms with van der Waals surface area (Å²) >= 11 is 0. The van der Waals surface area contributed by atoms with Gasteiger partial charge in [-0.15, -0.1) is 0 Å². The highest BCUT2D eigenvalue weighted by Crippen LogP contribution is 2.39. The van der Waals surface area contributed by atoms with Gasteiger partial charge in [0.15, 0.2) is 0 Å². The van der Waals surface area contributed by atoms with Crippen molar-refractivity contribution in [2.45, 2.75) is 52.4 Å². The lowest BCUT2D eigenvalue weighted by Gasteiger charge is -2.35. The van der Waals surface area contributed by atoms with Crippen LogP contribution in [0.4, 0.5) is 0 Å². The summed E-state index contributed by atoms with van der Waals surface area (Å²) in [4.78, 5) is 12.7. The molecule has 2 rings (SSSR count). The first kappa shape index (κ1) is 12.1. The van der Waals surface area contributed by atoms with Crippen molar-refractivity contribution in [3.8, 4) is 0 Å². The van der Waals surface area contributed by atoms with Gasteiger partial charge >= 0.3 is 0 Å². The fourth-order valence-corrected chi connectivity index (χ4v) is 3.52. The Morgan fingerprint density at radius 3 is 2.75 bits per heavy atom. The number of carbonyl (C=O) groups is 1. The Morgan fingerprint density at radius 1 is 1.38 bits per heavy atom. The zero-order chi connectivity index (χ0) is 11.6. The molecule has 2 heteroatoms. The third kappa shape index (κ3) is 2.17. The molecule has 1 aliphatic carbocycles. The molecule has 0 amide bonds. The molecule has 1 N–H and O–H groups in total. The molecule has 0 bridgehead atoms. The van der Waals surface area contributed by atoms with Crippen molar-refractivity contribution in [1.29, 1.82) is 0 Å². The zero-order valence-electron chi connectivity index (χ0n) is 10.7. The first-order chi connectivity index (χ1) is 7.67. The Kier molecular flexibility index (Phi) is 3.68. The second-order valence-electron chi connectivity index (χ2n) is 5.91. The van der Waals surface area contributed by atoms with E-state index in [0.29, 0.717) is 17.6 Å². The number of rotatable bonds is 3. The lowest BCUT2D eigenvalue weighted by Crippen LogP contribution is -2.39. The molecule has 16 heavy (non-hydrogen) atoms. The molecule has 0 aromatic heterocycles. The van der Waals surface area contributed by atoms with E-state index in [9.17, 15) is 4.79 Å². The van der Waals surface area contributed by atoms with Crippen LogP contribution < -0.4 is 5.32 Å². The maximum absolute atomic E-state index is 12.7. The van der Waals surface area contributed by atoms with Crippen LogP contribution in [0.5, 0.6) is 0 Å². The number of nitrogens with one attached hydrogen (secondary N) is 1. The van der Waals surface area contributed by atoms with Crippen molar-refractivity contribution >= 4 is 5.78 Å². The van der Waals surface area contributed by atoms with Crippen LogP contribution in [0.1, 0.15) is 52.4 Å². The molecule has 0 aromatic carbocycles. The van der Waals surface area contributed by atoms with Crippen molar-refractivity contribution in [1.82, 2.24) is 5.32 Å². The highest BCUT2D eigenvalue weighted by Gasteiger charge is 2.42. The van der Waals surface area contributed by atoms with Gasteiger partial charge in [-0.1, -0.05) is 33.1 Å². The van der Waals surface area contributed by atoms with E-state index in [0.717, 1.165) is 25.9 Å². The van der Waals surface area contributed by atoms with Crippen LogP contribution in [0.3, 0.4) is 0 Å². The van der Waals surface area contributed by atoms with Gasteiger partial charge in [0, 0.05) is 17.9 Å². The highest BCUT2D eigenvalue weighted by atomic mass is 16.1. The quantitative estimate of drug-likeness (QED) is 0.797. The molecule has 0 spiro atoms. The van der Waals surface area contributed by atoms with Crippen LogP contribution in [0.25, 0.3) is 0 Å². The summed E-state index contributed by atoms with van der Waals surface area (Å²) in [7, 11) is 0. The van der Waals surface area contributed by atoms with E-state index in [1.165, 1.54) is 25.7 Å². The van der Waals surface area contributed by atoms with E-state index in [1.807, 2.05) is 0 Å². The number of carbonyl (C=O) groups excluding carboxylic acids is 1. The van der Waals surface area contributed by atoms with Crippen molar-refractivity contribution in [3.63, 3.8) is 0 Å². The molecule has 1 saturated carbocycles. The Hall–Kier alpha value is -0.370. The monoisotopic (exact) mass is 223 g/mol. The molecular formula is C14H25NO. The highest BCUT2D eigenvalue weighted by molar-refractivity contribution is 5.87. The van der Waals surface area contributed by atoms with E-state index in [1.54, 1.807) is 0 Å². The minimum absolute atomic E-state index is 0.0601. The first-order valence-corrected chi connectivity index (χ1v) is 6.92. The maximum Gasteiger partial charge on any atom is 0.143 e. The Balaban J connectivity index is 2.07. The minimum atomic E-state index is -0.0601. The van der Waals surface area contributed by atoms with Gasteiger partial charge in [0.1, 0.15) is 5.78 Å². The van der Waals surface area contributed by atoms with Crippen LogP contribution in [0, 0.1) is 17.3 Å². The summed E-state index contributed by atoms with van der Waals surface area (Å²) in [6, 6.07) is 0. The molecule has 0 radical (unpaired) electrons. The van der Waals surface area contributed by atoms with Gasteiger partial charge in [-0.2, -0.15) is 0 Å². The van der Waals surface area contributed by atoms with E-state index >= 15 is 0 Å². The van der Waals surface area contributed by atoms with Crippen molar-refractivity contribution in [2.24, 2.45) is 17.3 Å². The van der Waals surface area contributed by atoms with Gasteiger partial charge in [0.05, 0.1) is 0 Å². The molecule has 1 heterocycles. The summed E-state index contributed by atoms with van der Waals surface area (Å²) in [5.74, 6) is 1.59. The van der Waals surface area contributed by atoms with Gasteiger partial charge in [-0.25, -0.2) is 0 Å². The van der Waals surface area contributed by atoms with E-state index in [4.69, 9.17) is 0 Å². The molecule has 92 valence electrons. The minimum Gasteiger partial charge on any atom is -0.316 e. The fourth-order valence-electron chi connectivity index (χ4n) is 3.52. The first-order valence-electron chi connectivity index (χ1n) is 6.92. The third-order valence-corrected chi connectivity index (χ3v) is 4.73. The molecule has 1 aliphatic heterocycles. The Bertz CT molecular complexity index is 255. The number of ketones is 1. The topological polar surface area (TPSA) is 29.1 Å². The molecule has 2 fully saturated rings. The standard InChI is InChI=1S/C14H25NO/c1-3-11-6-4-5-7-12(11)13(16)14(2)8-9-15-10-14/h11-12,15H,3-10H2,1-2H3. The number of hydrogen-bond donors (Lipinski definition) is 1. The average molecular weight is 223 g/mol. The van der Waals surface area contributed by atoms with Crippen LogP contribution in [-0.2, 0) is 4.79 Å². The summed E-state index contributed by atoms with van der Waals surface area (Å²) < 4.78 is 0. The lowest BCUT2D eigenvalue weighted by molar-refractivity contribution is -0.134. The number of Topliss-reactive ketones (excluding diaryl/α,β-unsaturated/α-hetero) is 1. The van der Waals surface area contributed by atoms with Gasteiger partial charge in [0.2, 0.25) is 0 Å². The molecule has 3 unspecified atom stereocenters. The van der Waals surface area contributed by atoms with Gasteiger partial charge in [0.25, 0.3) is 0 Å². The van der Waals surface area contributed by atoms with E-state index in [-0.39, 0.29) is 5.41 Å². The normalized spacial score (nSPS) is 39.9. The third-order valence-electron chi connectivity index (χ3n) is 4.73. The molecule has 0 aromatic rings. The van der Waals surface area contributed by atoms with Crippen LogP contribution in [0.15, 0.2) is 0 Å². The Labute approximate surface area is 99.2 Å². The Morgan fingerprint density at radius 2 is 2.12 bits per heavy atom. The second kappa shape index (κ2) is 4.87. The number of hydrogen-bond acceptors (Lipinski definition) is 2. The molecular weight excluding hydrogens is 198 g/mol. The van der Waals surface area contributed by atoms with Crippen molar-refractivity contribution in [2.75, 3.05) is 13.1 Å². The van der Waals surface area contributed by atoms with Crippen molar-refractivity contribution < 1.29 is 4.79 Å². The van der Waals surface area contributed by atoms with Crippen LogP contribution in [-0.4, -0.2) is 18.9 Å². The molecule has 3 atom stereocenters. The predicted molar refractivity (Wildman–Crippen MR) is 66.3 cm³/mol. The SMILES string of the molecule is CCC1CCCCC1C(=O)C1(C)CCNC1. The molecule has 2 aliphatic rings. The van der Waals surface area contributed by atoms with Crippen LogP contribution in [0.2, 0.25) is 0 Å². The van der Waals surface area contributed by atoms with Gasteiger partial charge < -0.3 is 5.32 Å². The predicted octanol–water partition coefficient (Wildman–Crippen LogP) is 2.77. The second-order valence-corrected chi connectivity index (χ2v) is 5.91. The fraction of sp³-hybridized carbons (Fsp3) is 0.929. The van der Waals surface area contributed by atoms with Gasteiger partial charge in [-0.3, -0.25) is 4.79 Å². The summed E-state index contributed by atoms with van der Waals surface area (Å²) in [5.41, 5.74) is -0.0601. The molecule has 2 nitrogen and oxygen atoms in total. The lowest BCUT2D eigenvalue weighted by atomic mass is 9.68. The van der Waals surface area contributed by atoms with Crippen LogP contribution >= 0.6 is 0 Å². The average Bonchev–Trinajstić information content (AvgIpc) is 2.76. The summed E-state index contributed by atoms with van der Waals surface area (Å²) in [6.07, 6.45) is 7.23. The largest absolute Gasteiger partial charge is 0.316 e. The summed E-state index contributed by atoms with van der Waals surface area (Å²) in [5, 5.41) is 3.34. The summed E-state index contributed by atoms with van der Waals surface area (Å²) in [6.45, 7) is 6.33. The molecule has 1 saturated heterocycles. The van der Waals surface area contributed by atoms with Crippen molar-refractivity contribution in [3.05, 3.63) is 0 Å². The van der Waals surface area contributed by atoms with E-state index < -0.39 is 0 Å². The van der Waals surface area contributed by atoms with E-state index in [2.05, 4.69) is 19.2 Å². The van der Waals surface area contributed by atoms with Gasteiger partial charge in [-0.05, 0) is 31.7 Å².